The summed E-state index contributed by atoms with van der Waals surface area (Å²) in [6.07, 6.45) is 0.248. The first-order chi connectivity index (χ1) is 12.9. The molecule has 142 valence electrons. The fourth-order valence-corrected chi connectivity index (χ4v) is 4.81. The van der Waals surface area contributed by atoms with Gasteiger partial charge in [-0.1, -0.05) is 13.8 Å². The van der Waals surface area contributed by atoms with Gasteiger partial charge in [0.2, 0.25) is 11.8 Å². The average molecular weight is 421 g/mol. The topological polar surface area (TPSA) is 84.0 Å². The highest BCUT2D eigenvalue weighted by Gasteiger charge is 2.13. The minimum absolute atomic E-state index is 0.0516. The number of rotatable bonds is 7. The summed E-state index contributed by atoms with van der Waals surface area (Å²) in [5.41, 5.74) is 1.61. The molecule has 2 N–H and O–H groups in total. The molecule has 0 saturated heterocycles. The van der Waals surface area contributed by atoms with Crippen molar-refractivity contribution in [2.45, 2.75) is 39.7 Å². The number of carbonyl (C=O) groups excluding carboxylic acids is 2. The van der Waals surface area contributed by atoms with Crippen molar-refractivity contribution in [1.29, 1.82) is 0 Å². The Kier molecular flexibility index (Phi) is 6.35. The standard InChI is InChI=1S/C18H20N4O2S3/c1-10(2)17-20-12(8-25-17)6-16(24)22-18-21-14(9-26-18)15-5-4-13(27-15)7-19-11(3)23/h4-5,8-10H,6-7H2,1-3H3,(H,19,23)(H,21,22,24). The van der Waals surface area contributed by atoms with Crippen LogP contribution in [-0.2, 0) is 22.6 Å². The summed E-state index contributed by atoms with van der Waals surface area (Å²) in [6.45, 7) is 6.19. The van der Waals surface area contributed by atoms with Gasteiger partial charge in [0.15, 0.2) is 5.13 Å². The summed E-state index contributed by atoms with van der Waals surface area (Å²) in [6, 6.07) is 3.95. The lowest BCUT2D eigenvalue weighted by molar-refractivity contribution is -0.119. The Bertz CT molecular complexity index is 942. The number of aromatic nitrogens is 2. The number of carbonyl (C=O) groups is 2. The third-order valence-corrected chi connectivity index (χ3v) is 6.64. The summed E-state index contributed by atoms with van der Waals surface area (Å²) in [4.78, 5) is 34.3. The minimum Gasteiger partial charge on any atom is -0.351 e. The molecule has 0 spiro atoms. The summed E-state index contributed by atoms with van der Waals surface area (Å²) in [5.74, 6) is 0.202. The summed E-state index contributed by atoms with van der Waals surface area (Å²) < 4.78 is 0. The van der Waals surface area contributed by atoms with Crippen molar-refractivity contribution in [2.75, 3.05) is 5.32 Å². The van der Waals surface area contributed by atoms with Crippen LogP contribution < -0.4 is 10.6 Å². The summed E-state index contributed by atoms with van der Waals surface area (Å²) in [5, 5.41) is 11.1. The Balaban J connectivity index is 1.58. The van der Waals surface area contributed by atoms with Crippen LogP contribution in [0.1, 0.15) is 42.3 Å². The molecule has 3 aromatic rings. The van der Waals surface area contributed by atoms with Gasteiger partial charge in [-0.05, 0) is 12.1 Å². The van der Waals surface area contributed by atoms with Gasteiger partial charge in [-0.2, -0.15) is 0 Å². The van der Waals surface area contributed by atoms with Gasteiger partial charge in [0.1, 0.15) is 0 Å². The molecule has 0 fully saturated rings. The molecule has 3 heterocycles. The molecular formula is C18H20N4O2S3. The number of thiazole rings is 2. The second-order valence-electron chi connectivity index (χ2n) is 6.27. The van der Waals surface area contributed by atoms with E-state index in [2.05, 4.69) is 34.4 Å². The van der Waals surface area contributed by atoms with E-state index in [1.54, 1.807) is 22.7 Å². The normalized spacial score (nSPS) is 11.0. The van der Waals surface area contributed by atoms with Crippen molar-refractivity contribution in [1.82, 2.24) is 15.3 Å². The Hall–Kier alpha value is -2.10. The number of nitrogens with zero attached hydrogens (tertiary/aromatic N) is 2. The van der Waals surface area contributed by atoms with E-state index in [0.29, 0.717) is 17.6 Å². The van der Waals surface area contributed by atoms with Gasteiger partial charge in [0, 0.05) is 28.5 Å². The zero-order valence-corrected chi connectivity index (χ0v) is 17.7. The van der Waals surface area contributed by atoms with E-state index in [1.807, 2.05) is 22.9 Å². The molecule has 0 bridgehead atoms. The van der Waals surface area contributed by atoms with Crippen molar-refractivity contribution in [3.8, 4) is 10.6 Å². The van der Waals surface area contributed by atoms with Crippen molar-refractivity contribution >= 4 is 51.0 Å². The smallest absolute Gasteiger partial charge is 0.232 e. The molecule has 3 rings (SSSR count). The number of hydrogen-bond acceptors (Lipinski definition) is 7. The Morgan fingerprint density at radius 1 is 1.15 bits per heavy atom. The Labute approximate surface area is 169 Å². The van der Waals surface area contributed by atoms with Crippen molar-refractivity contribution < 1.29 is 9.59 Å². The van der Waals surface area contributed by atoms with E-state index in [-0.39, 0.29) is 18.2 Å². The van der Waals surface area contributed by atoms with E-state index >= 15 is 0 Å². The van der Waals surface area contributed by atoms with E-state index in [0.717, 1.165) is 26.1 Å². The second-order valence-corrected chi connectivity index (χ2v) is 9.19. The van der Waals surface area contributed by atoms with Crippen LogP contribution in [0.2, 0.25) is 0 Å². The second kappa shape index (κ2) is 8.73. The number of thiophene rings is 1. The highest BCUT2D eigenvalue weighted by atomic mass is 32.1. The maximum absolute atomic E-state index is 12.2. The molecule has 27 heavy (non-hydrogen) atoms. The molecule has 0 radical (unpaired) electrons. The number of amides is 2. The van der Waals surface area contributed by atoms with Crippen molar-refractivity contribution in [3.05, 3.63) is 38.5 Å². The molecular weight excluding hydrogens is 400 g/mol. The molecule has 0 unspecified atom stereocenters. The van der Waals surface area contributed by atoms with Crippen molar-refractivity contribution in [3.63, 3.8) is 0 Å². The Morgan fingerprint density at radius 2 is 1.96 bits per heavy atom. The van der Waals surface area contributed by atoms with E-state index in [9.17, 15) is 9.59 Å². The first kappa shape index (κ1) is 19.7. The summed E-state index contributed by atoms with van der Waals surface area (Å²) >= 11 is 4.56. The largest absolute Gasteiger partial charge is 0.351 e. The van der Waals surface area contributed by atoms with Crippen LogP contribution >= 0.6 is 34.0 Å². The van der Waals surface area contributed by atoms with Crippen LogP contribution in [0.3, 0.4) is 0 Å². The van der Waals surface area contributed by atoms with Gasteiger partial charge in [-0.15, -0.1) is 34.0 Å². The molecule has 0 aromatic carbocycles. The van der Waals surface area contributed by atoms with Gasteiger partial charge in [-0.3, -0.25) is 9.59 Å². The first-order valence-electron chi connectivity index (χ1n) is 8.44. The zero-order chi connectivity index (χ0) is 19.4. The Morgan fingerprint density at radius 3 is 2.67 bits per heavy atom. The van der Waals surface area contributed by atoms with Gasteiger partial charge >= 0.3 is 0 Å². The lowest BCUT2D eigenvalue weighted by atomic mass is 10.2. The molecule has 0 aliphatic rings. The average Bonchev–Trinajstić information content (AvgIpc) is 3.32. The maximum Gasteiger partial charge on any atom is 0.232 e. The quantitative estimate of drug-likeness (QED) is 0.598. The molecule has 0 aliphatic heterocycles. The maximum atomic E-state index is 12.2. The fraction of sp³-hybridized carbons (Fsp3) is 0.333. The van der Waals surface area contributed by atoms with E-state index < -0.39 is 0 Å². The lowest BCUT2D eigenvalue weighted by Crippen LogP contribution is -2.17. The van der Waals surface area contributed by atoms with Crippen LogP contribution in [0.15, 0.2) is 22.9 Å². The van der Waals surface area contributed by atoms with Crippen LogP contribution in [-0.4, -0.2) is 21.8 Å². The SMILES string of the molecule is CC(=O)NCc1ccc(-c2csc(NC(=O)Cc3csc(C(C)C)n3)n2)s1. The predicted molar refractivity (Wildman–Crippen MR) is 111 cm³/mol. The predicted octanol–water partition coefficient (Wildman–Crippen LogP) is 4.27. The molecule has 0 atom stereocenters. The van der Waals surface area contributed by atoms with E-state index in [1.165, 1.54) is 18.3 Å². The third kappa shape index (κ3) is 5.44. The van der Waals surface area contributed by atoms with Crippen LogP contribution in [0.4, 0.5) is 5.13 Å². The summed E-state index contributed by atoms with van der Waals surface area (Å²) in [7, 11) is 0. The number of nitrogens with one attached hydrogen (secondary N) is 2. The van der Waals surface area contributed by atoms with Crippen LogP contribution in [0.5, 0.6) is 0 Å². The van der Waals surface area contributed by atoms with Gasteiger partial charge in [0.25, 0.3) is 0 Å². The molecule has 3 aromatic heterocycles. The first-order valence-corrected chi connectivity index (χ1v) is 11.0. The monoisotopic (exact) mass is 420 g/mol. The van der Waals surface area contributed by atoms with Crippen molar-refractivity contribution in [2.24, 2.45) is 0 Å². The highest BCUT2D eigenvalue weighted by molar-refractivity contribution is 7.17. The fourth-order valence-electron chi connectivity index (χ4n) is 2.26. The molecule has 0 saturated carbocycles. The van der Waals surface area contributed by atoms with Crippen LogP contribution in [0.25, 0.3) is 10.6 Å². The third-order valence-electron chi connectivity index (χ3n) is 3.58. The molecule has 6 nitrogen and oxygen atoms in total. The minimum atomic E-state index is -0.117. The molecule has 9 heteroatoms. The van der Waals surface area contributed by atoms with Gasteiger partial charge in [0.05, 0.1) is 34.2 Å². The van der Waals surface area contributed by atoms with Crippen LogP contribution in [0, 0.1) is 0 Å². The highest BCUT2D eigenvalue weighted by Crippen LogP contribution is 2.31. The van der Waals surface area contributed by atoms with E-state index in [4.69, 9.17) is 0 Å². The van der Waals surface area contributed by atoms with Gasteiger partial charge in [-0.25, -0.2) is 9.97 Å². The number of hydrogen-bond donors (Lipinski definition) is 2. The molecule has 0 aliphatic carbocycles. The van der Waals surface area contributed by atoms with Gasteiger partial charge < -0.3 is 10.6 Å². The molecule has 2 amide bonds. The lowest BCUT2D eigenvalue weighted by Gasteiger charge is -2.00. The zero-order valence-electron chi connectivity index (χ0n) is 15.2. The number of anilines is 1.